The van der Waals surface area contributed by atoms with Gasteiger partial charge in [-0.3, -0.25) is 9.89 Å². The topological polar surface area (TPSA) is 68.2 Å². The third kappa shape index (κ3) is 5.73. The number of hydrogen-bond acceptors (Lipinski definition) is 5. The maximum absolute atomic E-state index is 11.5. The Morgan fingerprint density at radius 3 is 2.48 bits per heavy atom. The van der Waals surface area contributed by atoms with Crippen LogP contribution in [0.25, 0.3) is 0 Å². The van der Waals surface area contributed by atoms with Gasteiger partial charge in [-0.05, 0) is 18.2 Å². The number of guanidine groups is 1. The molecule has 1 aromatic carbocycles. The molecule has 27 heavy (non-hydrogen) atoms. The number of nitrogens with zero attached hydrogens (tertiary/aromatic N) is 4. The third-order valence-corrected chi connectivity index (χ3v) is 6.96. The maximum atomic E-state index is 11.5. The fraction of sp³-hybridized carbons (Fsp3) is 0.611. The summed E-state index contributed by atoms with van der Waals surface area (Å²) in [5.74, 6) is 1.45. The zero-order valence-corrected chi connectivity index (χ0v) is 17.3. The van der Waals surface area contributed by atoms with Gasteiger partial charge in [-0.2, -0.15) is 0 Å². The number of benzene rings is 1. The Bertz CT molecular complexity index is 749. The molecule has 1 aromatic rings. The number of rotatable bonds is 4. The van der Waals surface area contributed by atoms with Crippen molar-refractivity contribution >= 4 is 33.1 Å². The molecule has 0 atom stereocenters. The maximum Gasteiger partial charge on any atom is 0.193 e. The molecule has 2 fully saturated rings. The molecule has 7 nitrogen and oxygen atoms in total. The normalized spacial score (nSPS) is 21.3. The minimum atomic E-state index is -2.82. The lowest BCUT2D eigenvalue weighted by Crippen LogP contribution is -2.53. The summed E-state index contributed by atoms with van der Waals surface area (Å²) in [6, 6.07) is 7.97. The summed E-state index contributed by atoms with van der Waals surface area (Å²) in [5.41, 5.74) is 1.16. The van der Waals surface area contributed by atoms with Crippen molar-refractivity contribution in [3.63, 3.8) is 0 Å². The van der Waals surface area contributed by atoms with Crippen molar-refractivity contribution < 1.29 is 8.42 Å². The molecule has 0 spiro atoms. The van der Waals surface area contributed by atoms with E-state index < -0.39 is 9.84 Å². The monoisotopic (exact) mass is 413 g/mol. The van der Waals surface area contributed by atoms with Crippen molar-refractivity contribution in [2.45, 2.75) is 0 Å². The first-order chi connectivity index (χ1) is 13.0. The molecule has 0 saturated carbocycles. The van der Waals surface area contributed by atoms with Crippen LogP contribution in [0.1, 0.15) is 0 Å². The largest absolute Gasteiger partial charge is 0.368 e. The van der Waals surface area contributed by atoms with Gasteiger partial charge in [0.1, 0.15) is 0 Å². The Morgan fingerprint density at radius 1 is 1.15 bits per heavy atom. The molecule has 0 amide bonds. The second kappa shape index (κ2) is 9.12. The first-order valence-corrected chi connectivity index (χ1v) is 11.6. The van der Waals surface area contributed by atoms with E-state index in [1.165, 1.54) is 0 Å². The highest BCUT2D eigenvalue weighted by Gasteiger charge is 2.22. The van der Waals surface area contributed by atoms with Crippen molar-refractivity contribution in [2.24, 2.45) is 4.99 Å². The number of nitrogens with one attached hydrogen (secondary N) is 1. The molecule has 0 radical (unpaired) electrons. The minimum Gasteiger partial charge on any atom is -0.368 e. The molecular formula is C18H28ClN5O2S. The van der Waals surface area contributed by atoms with Crippen LogP contribution < -0.4 is 10.2 Å². The second-order valence-corrected chi connectivity index (χ2v) is 9.66. The van der Waals surface area contributed by atoms with E-state index in [0.29, 0.717) is 13.1 Å². The first-order valence-electron chi connectivity index (χ1n) is 9.36. The van der Waals surface area contributed by atoms with Crippen LogP contribution in [0.4, 0.5) is 5.69 Å². The second-order valence-electron chi connectivity index (χ2n) is 6.92. The summed E-state index contributed by atoms with van der Waals surface area (Å²) in [5, 5.41) is 4.18. The molecule has 1 N–H and O–H groups in total. The number of aliphatic imine (C=N–C) groups is 1. The molecule has 150 valence electrons. The molecule has 2 aliphatic heterocycles. The van der Waals surface area contributed by atoms with Crippen LogP contribution in [0.15, 0.2) is 29.3 Å². The average molecular weight is 414 g/mol. The summed E-state index contributed by atoms with van der Waals surface area (Å²) in [6.07, 6.45) is 0. The summed E-state index contributed by atoms with van der Waals surface area (Å²) in [6.45, 7) is 6.48. The van der Waals surface area contributed by atoms with Gasteiger partial charge >= 0.3 is 0 Å². The number of sulfone groups is 1. The molecule has 3 rings (SSSR count). The average Bonchev–Trinajstić information content (AvgIpc) is 2.67. The van der Waals surface area contributed by atoms with Crippen molar-refractivity contribution in [1.82, 2.24) is 15.1 Å². The van der Waals surface area contributed by atoms with Crippen LogP contribution in [0.2, 0.25) is 5.02 Å². The molecule has 0 aliphatic carbocycles. The Hall–Kier alpha value is -1.51. The zero-order valence-electron chi connectivity index (χ0n) is 15.8. The summed E-state index contributed by atoms with van der Waals surface area (Å²) in [4.78, 5) is 11.2. The van der Waals surface area contributed by atoms with E-state index in [2.05, 4.69) is 31.1 Å². The standard InChI is InChI=1S/C18H28ClN5O2S/c1-20-18(21-5-6-22-11-13-27(25,26)14-12-22)24-9-7-23(8-10-24)17-4-2-3-16(19)15-17/h2-4,15H,5-14H2,1H3,(H,20,21). The molecule has 2 saturated heterocycles. The van der Waals surface area contributed by atoms with Gasteiger partial charge < -0.3 is 15.1 Å². The highest BCUT2D eigenvalue weighted by molar-refractivity contribution is 7.91. The fourth-order valence-electron chi connectivity index (χ4n) is 3.48. The lowest BCUT2D eigenvalue weighted by molar-refractivity contribution is 0.296. The van der Waals surface area contributed by atoms with Crippen LogP contribution in [-0.4, -0.2) is 95.1 Å². The van der Waals surface area contributed by atoms with Crippen molar-refractivity contribution in [3.05, 3.63) is 29.3 Å². The van der Waals surface area contributed by atoms with Gasteiger partial charge in [0, 0.05) is 70.1 Å². The quantitative estimate of drug-likeness (QED) is 0.581. The van der Waals surface area contributed by atoms with Crippen molar-refractivity contribution in [2.75, 3.05) is 75.8 Å². The molecule has 0 bridgehead atoms. The number of halogens is 1. The molecule has 0 unspecified atom stereocenters. The van der Waals surface area contributed by atoms with Crippen LogP contribution >= 0.6 is 11.6 Å². The number of anilines is 1. The first kappa shape index (κ1) is 20.2. The summed E-state index contributed by atoms with van der Waals surface area (Å²) in [7, 11) is -1.01. The molecule has 0 aromatic heterocycles. The van der Waals surface area contributed by atoms with Gasteiger partial charge in [0.05, 0.1) is 11.5 Å². The van der Waals surface area contributed by atoms with E-state index in [9.17, 15) is 8.42 Å². The van der Waals surface area contributed by atoms with E-state index in [0.717, 1.165) is 55.9 Å². The number of piperazine rings is 1. The Labute approximate surface area is 166 Å². The van der Waals surface area contributed by atoms with Gasteiger partial charge in [0.25, 0.3) is 0 Å². The lowest BCUT2D eigenvalue weighted by Gasteiger charge is -2.38. The predicted molar refractivity (Wildman–Crippen MR) is 112 cm³/mol. The van der Waals surface area contributed by atoms with Gasteiger partial charge in [-0.1, -0.05) is 17.7 Å². The summed E-state index contributed by atoms with van der Waals surface area (Å²) < 4.78 is 23.0. The Morgan fingerprint density at radius 2 is 1.85 bits per heavy atom. The Kier molecular flexibility index (Phi) is 6.83. The third-order valence-electron chi connectivity index (χ3n) is 5.11. The van der Waals surface area contributed by atoms with Gasteiger partial charge in [-0.25, -0.2) is 8.42 Å². The minimum absolute atomic E-state index is 0.271. The van der Waals surface area contributed by atoms with Crippen LogP contribution in [0.3, 0.4) is 0 Å². The van der Waals surface area contributed by atoms with E-state index >= 15 is 0 Å². The molecule has 9 heteroatoms. The predicted octanol–water partition coefficient (Wildman–Crippen LogP) is 0.768. The SMILES string of the molecule is CN=C(NCCN1CCS(=O)(=O)CC1)N1CCN(c2cccc(Cl)c2)CC1. The summed E-state index contributed by atoms with van der Waals surface area (Å²) >= 11 is 6.10. The highest BCUT2D eigenvalue weighted by atomic mass is 35.5. The van der Waals surface area contributed by atoms with Gasteiger partial charge in [0.2, 0.25) is 0 Å². The van der Waals surface area contributed by atoms with Gasteiger partial charge in [0.15, 0.2) is 15.8 Å². The highest BCUT2D eigenvalue weighted by Crippen LogP contribution is 2.20. The van der Waals surface area contributed by atoms with Crippen LogP contribution in [0.5, 0.6) is 0 Å². The van der Waals surface area contributed by atoms with Crippen LogP contribution in [-0.2, 0) is 9.84 Å². The van der Waals surface area contributed by atoms with Crippen molar-refractivity contribution in [1.29, 1.82) is 0 Å². The zero-order chi connectivity index (χ0) is 19.3. The lowest BCUT2D eigenvalue weighted by atomic mass is 10.2. The van der Waals surface area contributed by atoms with E-state index in [4.69, 9.17) is 11.6 Å². The van der Waals surface area contributed by atoms with Gasteiger partial charge in [-0.15, -0.1) is 0 Å². The van der Waals surface area contributed by atoms with E-state index in [1.54, 1.807) is 7.05 Å². The van der Waals surface area contributed by atoms with Crippen LogP contribution in [0, 0.1) is 0 Å². The molecule has 2 heterocycles. The van der Waals surface area contributed by atoms with E-state index in [1.807, 2.05) is 18.2 Å². The Balaban J connectivity index is 1.43. The smallest absolute Gasteiger partial charge is 0.193 e. The molecule has 2 aliphatic rings. The van der Waals surface area contributed by atoms with Crippen molar-refractivity contribution in [3.8, 4) is 0 Å². The fourth-order valence-corrected chi connectivity index (χ4v) is 4.94. The molecular weight excluding hydrogens is 386 g/mol. The number of hydrogen-bond donors (Lipinski definition) is 1. The van der Waals surface area contributed by atoms with E-state index in [-0.39, 0.29) is 11.5 Å².